The fraction of sp³-hybridized carbons (Fsp3) is 0.500. The van der Waals surface area contributed by atoms with Crippen LogP contribution in [0.15, 0.2) is 42.2 Å². The van der Waals surface area contributed by atoms with Gasteiger partial charge in [0.25, 0.3) is 0 Å². The highest BCUT2D eigenvalue weighted by atomic mass is 31.2. The molecule has 1 aliphatic heterocycles. The summed E-state index contributed by atoms with van der Waals surface area (Å²) in [6, 6.07) is 8.84. The fourth-order valence-electron chi connectivity index (χ4n) is 2.40. The van der Waals surface area contributed by atoms with E-state index in [-0.39, 0.29) is 6.10 Å². The Morgan fingerprint density at radius 2 is 2.09 bits per heavy atom. The molecule has 1 saturated heterocycles. The molecular formula is C16H22FO5P. The molecule has 1 N–H and O–H groups in total. The topological polar surface area (TPSA) is 65.0 Å². The van der Waals surface area contributed by atoms with Crippen molar-refractivity contribution in [1.82, 2.24) is 0 Å². The van der Waals surface area contributed by atoms with E-state index in [1.165, 1.54) is 0 Å². The van der Waals surface area contributed by atoms with Crippen molar-refractivity contribution in [2.75, 3.05) is 7.11 Å². The molecular weight excluding hydrogens is 322 g/mol. The van der Waals surface area contributed by atoms with E-state index < -0.39 is 37.9 Å². The molecule has 0 aliphatic carbocycles. The minimum absolute atomic E-state index is 0.264. The minimum atomic E-state index is -4.22. The van der Waals surface area contributed by atoms with Crippen LogP contribution in [0, 0.1) is 0 Å². The summed E-state index contributed by atoms with van der Waals surface area (Å²) in [5.74, 6) is -0.645. The molecule has 2 rings (SSSR count). The molecule has 0 bridgehead atoms. The lowest BCUT2D eigenvalue weighted by molar-refractivity contribution is -0.0388. The monoisotopic (exact) mass is 345 g/mol. The zero-order valence-electron chi connectivity index (χ0n) is 14.3. The van der Waals surface area contributed by atoms with Crippen LogP contribution in [0.25, 0.3) is 0 Å². The maximum atomic E-state index is 14.9. The van der Waals surface area contributed by atoms with E-state index in [1.54, 1.807) is 38.1 Å². The first-order valence-corrected chi connectivity index (χ1v) is 8.91. The molecule has 23 heavy (non-hydrogen) atoms. The molecule has 0 spiro atoms. The number of hydrogen-bond donors (Lipinski definition) is 1. The molecule has 0 saturated carbocycles. The van der Waals surface area contributed by atoms with Crippen LogP contribution in [0.4, 0.5) is 4.39 Å². The van der Waals surface area contributed by atoms with Gasteiger partial charge in [-0.05, 0) is 25.5 Å². The highest BCUT2D eigenvalue weighted by molar-refractivity contribution is 7.56. The van der Waals surface area contributed by atoms with Gasteiger partial charge in [0.2, 0.25) is 0 Å². The highest BCUT2D eigenvalue weighted by Crippen LogP contribution is 2.44. The van der Waals surface area contributed by atoms with E-state index in [0.29, 0.717) is 5.56 Å². The molecule has 1 fully saturated rings. The number of halogens is 1. The van der Waals surface area contributed by atoms with Crippen molar-refractivity contribution in [1.29, 1.82) is 0 Å². The van der Waals surface area contributed by atoms with Gasteiger partial charge in [0.05, 0.1) is 7.47 Å². The third-order valence-electron chi connectivity index (χ3n) is 3.44. The zero-order chi connectivity index (χ0) is 17.9. The Labute approximate surface area is 137 Å². The molecule has 1 heterocycles. The van der Waals surface area contributed by atoms with Gasteiger partial charge in [-0.3, -0.25) is 4.57 Å². The van der Waals surface area contributed by atoms with Crippen molar-refractivity contribution >= 4 is 7.60 Å². The van der Waals surface area contributed by atoms with Crippen molar-refractivity contribution in [3.8, 4) is 0 Å². The van der Waals surface area contributed by atoms with E-state index >= 15 is 0 Å². The molecule has 1 aromatic carbocycles. The largest absolute Gasteiger partial charge is 0.369 e. The van der Waals surface area contributed by atoms with Crippen LogP contribution in [0.2, 0.25) is 0 Å². The molecule has 1 aliphatic rings. The van der Waals surface area contributed by atoms with Crippen molar-refractivity contribution in [2.45, 2.75) is 44.4 Å². The Morgan fingerprint density at radius 1 is 1.43 bits per heavy atom. The first kappa shape index (κ1) is 16.8. The first-order valence-electron chi connectivity index (χ1n) is 7.83. The van der Waals surface area contributed by atoms with Gasteiger partial charge >= 0.3 is 7.60 Å². The van der Waals surface area contributed by atoms with Crippen molar-refractivity contribution in [3.63, 3.8) is 0 Å². The average molecular weight is 345 g/mol. The Balaban J connectivity index is 2.31. The molecule has 5 nitrogen and oxygen atoms in total. The maximum absolute atomic E-state index is 14.9. The summed E-state index contributed by atoms with van der Waals surface area (Å²) in [6.07, 6.45) is -3.45. The molecule has 7 heteroatoms. The second-order valence-corrected chi connectivity index (χ2v) is 7.19. The van der Waals surface area contributed by atoms with Crippen LogP contribution in [-0.4, -0.2) is 36.5 Å². The normalized spacial score (nSPS) is 31.9. The Morgan fingerprint density at radius 3 is 2.65 bits per heavy atom. The van der Waals surface area contributed by atoms with E-state index in [0.717, 1.165) is 13.2 Å². The Bertz CT molecular complexity index is 624. The summed E-state index contributed by atoms with van der Waals surface area (Å²) in [5, 5.41) is 0. The van der Waals surface area contributed by atoms with E-state index in [9.17, 15) is 13.8 Å². The van der Waals surface area contributed by atoms with Crippen LogP contribution >= 0.6 is 7.60 Å². The quantitative estimate of drug-likeness (QED) is 0.798. The summed E-state index contributed by atoms with van der Waals surface area (Å²) in [7, 11) is -3.19. The van der Waals surface area contributed by atoms with E-state index in [1.807, 2.05) is 6.07 Å². The van der Waals surface area contributed by atoms with Gasteiger partial charge < -0.3 is 18.9 Å². The summed E-state index contributed by atoms with van der Waals surface area (Å²) in [5.41, 5.74) is 0.642. The van der Waals surface area contributed by atoms with Gasteiger partial charge in [0.15, 0.2) is 6.17 Å². The SMILES string of the molecule is [2H]/C(=C\[C@H]1O[C@@H](c2ccccc2)[C@H](F)[C@@H]1OC(C)C)P(=O)(O)OC. The van der Waals surface area contributed by atoms with Gasteiger partial charge in [-0.2, -0.15) is 0 Å². The van der Waals surface area contributed by atoms with E-state index in [2.05, 4.69) is 4.52 Å². The maximum Gasteiger partial charge on any atom is 0.351 e. The lowest BCUT2D eigenvalue weighted by Crippen LogP contribution is -2.32. The summed E-state index contributed by atoms with van der Waals surface area (Å²) in [4.78, 5) is 9.56. The predicted molar refractivity (Wildman–Crippen MR) is 84.9 cm³/mol. The first-order chi connectivity index (χ1) is 11.3. The number of alkyl halides is 1. The highest BCUT2D eigenvalue weighted by Gasteiger charge is 2.46. The second-order valence-electron chi connectivity index (χ2n) is 5.52. The molecule has 1 aromatic rings. The Kier molecular flexibility index (Phi) is 5.62. The number of rotatable bonds is 6. The summed E-state index contributed by atoms with van der Waals surface area (Å²) < 4.78 is 50.0. The van der Waals surface area contributed by atoms with Crippen LogP contribution in [-0.2, 0) is 18.6 Å². The third-order valence-corrected chi connectivity index (χ3v) is 4.41. The summed E-state index contributed by atoms with van der Waals surface area (Å²) in [6.45, 7) is 3.52. The van der Waals surface area contributed by atoms with Crippen LogP contribution in [0.3, 0.4) is 0 Å². The fourth-order valence-corrected chi connectivity index (χ4v) is 2.84. The van der Waals surface area contributed by atoms with Gasteiger partial charge in [-0.1, -0.05) is 30.3 Å². The van der Waals surface area contributed by atoms with Crippen LogP contribution in [0.5, 0.6) is 0 Å². The molecule has 5 atom stereocenters. The Hall–Kier alpha value is -1.04. The minimum Gasteiger partial charge on any atom is -0.369 e. The van der Waals surface area contributed by atoms with Gasteiger partial charge in [-0.25, -0.2) is 4.39 Å². The number of benzene rings is 1. The molecule has 128 valence electrons. The average Bonchev–Trinajstić information content (AvgIpc) is 2.84. The van der Waals surface area contributed by atoms with Gasteiger partial charge in [-0.15, -0.1) is 0 Å². The summed E-state index contributed by atoms with van der Waals surface area (Å²) >= 11 is 0. The molecule has 1 unspecified atom stereocenters. The van der Waals surface area contributed by atoms with Crippen LogP contribution < -0.4 is 0 Å². The molecule has 0 amide bonds. The predicted octanol–water partition coefficient (Wildman–Crippen LogP) is 3.60. The van der Waals surface area contributed by atoms with Crippen molar-refractivity contribution < 1.29 is 29.2 Å². The molecule has 0 radical (unpaired) electrons. The van der Waals surface area contributed by atoms with Gasteiger partial charge in [0, 0.05) is 12.9 Å². The zero-order valence-corrected chi connectivity index (χ0v) is 14.2. The molecule has 0 aromatic heterocycles. The third kappa shape index (κ3) is 4.72. The smallest absolute Gasteiger partial charge is 0.351 e. The lowest BCUT2D eigenvalue weighted by atomic mass is 10.0. The van der Waals surface area contributed by atoms with E-state index in [4.69, 9.17) is 10.8 Å². The van der Waals surface area contributed by atoms with Crippen molar-refractivity contribution in [3.05, 3.63) is 47.8 Å². The number of ether oxygens (including phenoxy) is 2. The number of hydrogen-bond acceptors (Lipinski definition) is 4. The van der Waals surface area contributed by atoms with Crippen molar-refractivity contribution in [2.24, 2.45) is 0 Å². The lowest BCUT2D eigenvalue weighted by Gasteiger charge is -2.20. The van der Waals surface area contributed by atoms with Gasteiger partial charge in [0.1, 0.15) is 18.3 Å². The second kappa shape index (κ2) is 7.69. The standard InChI is InChI=1S/C16H22FO5P/c1-11(2)21-16-13(9-10-23(18,19)20-3)22-15(14(16)17)12-7-5-4-6-8-12/h4-11,13-16H,1-3H3,(H,18,19)/b10-9+/t13-,14+,15+,16-/m1/s1/i10D. The van der Waals surface area contributed by atoms with Crippen LogP contribution in [0.1, 0.15) is 26.9 Å².